The molecule has 0 unspecified atom stereocenters. The molecule has 0 aliphatic heterocycles. The molecule has 2 nitrogen and oxygen atoms in total. The summed E-state index contributed by atoms with van der Waals surface area (Å²) in [5.41, 5.74) is 0.978. The molecule has 1 atom stereocenters. The third-order valence-corrected chi connectivity index (χ3v) is 1.72. The molecule has 0 aliphatic carbocycles. The Kier molecular flexibility index (Phi) is 5.71. The molecule has 0 bridgehead atoms. The Balaban J connectivity index is 0.00000144. The summed E-state index contributed by atoms with van der Waals surface area (Å²) in [7, 11) is 3.90. The van der Waals surface area contributed by atoms with Crippen molar-refractivity contribution in [2.75, 3.05) is 20.6 Å². The molecule has 0 aromatic heterocycles. The third-order valence-electron chi connectivity index (χ3n) is 1.72. The van der Waals surface area contributed by atoms with Crippen LogP contribution in [0.25, 0.3) is 0 Å². The number of nitrogens with zero attached hydrogens (tertiary/aromatic N) is 1. The van der Waals surface area contributed by atoms with E-state index in [-0.39, 0.29) is 18.5 Å². The van der Waals surface area contributed by atoms with Crippen molar-refractivity contribution in [2.24, 2.45) is 0 Å². The summed E-state index contributed by atoms with van der Waals surface area (Å²) in [6.45, 7) is 0.671. The molecule has 0 amide bonds. The molecule has 0 fully saturated rings. The van der Waals surface area contributed by atoms with Gasteiger partial charge in [-0.05, 0) is 19.7 Å². The van der Waals surface area contributed by atoms with Crippen LogP contribution in [0.4, 0.5) is 0 Å². The molecule has 1 N–H and O–H groups in total. The normalized spacial score (nSPS) is 12.3. The summed E-state index contributed by atoms with van der Waals surface area (Å²) in [6, 6.07) is 9.70. The van der Waals surface area contributed by atoms with Crippen molar-refractivity contribution in [1.29, 1.82) is 0 Å². The highest BCUT2D eigenvalue weighted by molar-refractivity contribution is 5.85. The lowest BCUT2D eigenvalue weighted by Crippen LogP contribution is -2.19. The first-order chi connectivity index (χ1) is 5.70. The van der Waals surface area contributed by atoms with Crippen molar-refractivity contribution < 1.29 is 5.11 Å². The Bertz CT molecular complexity index is 226. The van der Waals surface area contributed by atoms with E-state index >= 15 is 0 Å². The summed E-state index contributed by atoms with van der Waals surface area (Å²) in [6.07, 6.45) is -0.374. The van der Waals surface area contributed by atoms with Crippen LogP contribution in [0.15, 0.2) is 30.3 Å². The fraction of sp³-hybridized carbons (Fsp3) is 0.400. The van der Waals surface area contributed by atoms with Gasteiger partial charge in [-0.3, -0.25) is 0 Å². The molecular formula is C10H16ClNO. The van der Waals surface area contributed by atoms with Crippen molar-refractivity contribution in [2.45, 2.75) is 6.10 Å². The minimum absolute atomic E-state index is 0. The van der Waals surface area contributed by atoms with Crippen LogP contribution >= 0.6 is 12.4 Å². The van der Waals surface area contributed by atoms with Crippen LogP contribution < -0.4 is 0 Å². The van der Waals surface area contributed by atoms with Gasteiger partial charge in [0, 0.05) is 6.54 Å². The van der Waals surface area contributed by atoms with E-state index in [1.54, 1.807) is 0 Å². The average molecular weight is 202 g/mol. The largest absolute Gasteiger partial charge is 0.387 e. The Labute approximate surface area is 85.6 Å². The topological polar surface area (TPSA) is 23.5 Å². The van der Waals surface area contributed by atoms with Gasteiger partial charge in [0.2, 0.25) is 0 Å². The van der Waals surface area contributed by atoms with E-state index in [2.05, 4.69) is 0 Å². The molecule has 3 heteroatoms. The minimum Gasteiger partial charge on any atom is -0.387 e. The SMILES string of the molecule is CN(C)C[C@H](O)c1ccccc1.Cl. The zero-order valence-corrected chi connectivity index (χ0v) is 8.79. The summed E-state index contributed by atoms with van der Waals surface area (Å²) in [5.74, 6) is 0. The van der Waals surface area contributed by atoms with Crippen LogP contribution in [0.1, 0.15) is 11.7 Å². The molecule has 1 rings (SSSR count). The molecule has 0 radical (unpaired) electrons. The van der Waals surface area contributed by atoms with Gasteiger partial charge in [-0.2, -0.15) is 0 Å². The van der Waals surface area contributed by atoms with E-state index in [9.17, 15) is 5.11 Å². The standard InChI is InChI=1S/C10H15NO.ClH/c1-11(2)8-10(12)9-6-4-3-5-7-9;/h3-7,10,12H,8H2,1-2H3;1H/t10-;/m0./s1. The number of aliphatic hydroxyl groups excluding tert-OH is 1. The highest BCUT2D eigenvalue weighted by atomic mass is 35.5. The maximum Gasteiger partial charge on any atom is 0.0916 e. The summed E-state index contributed by atoms with van der Waals surface area (Å²) >= 11 is 0. The fourth-order valence-corrected chi connectivity index (χ4v) is 1.13. The fourth-order valence-electron chi connectivity index (χ4n) is 1.13. The Hall–Kier alpha value is -0.570. The van der Waals surface area contributed by atoms with Gasteiger partial charge >= 0.3 is 0 Å². The van der Waals surface area contributed by atoms with Crippen molar-refractivity contribution in [3.8, 4) is 0 Å². The van der Waals surface area contributed by atoms with E-state index < -0.39 is 0 Å². The lowest BCUT2D eigenvalue weighted by atomic mass is 10.1. The highest BCUT2D eigenvalue weighted by Crippen LogP contribution is 2.11. The second-order valence-corrected chi connectivity index (χ2v) is 3.19. The van der Waals surface area contributed by atoms with Gasteiger partial charge in [-0.25, -0.2) is 0 Å². The predicted molar refractivity (Wildman–Crippen MR) is 57.2 cm³/mol. The summed E-state index contributed by atoms with van der Waals surface area (Å²) in [4.78, 5) is 1.97. The number of likely N-dealkylation sites (N-methyl/N-ethyl adjacent to an activating group) is 1. The first kappa shape index (κ1) is 12.4. The maximum absolute atomic E-state index is 9.65. The van der Waals surface area contributed by atoms with Gasteiger partial charge in [-0.1, -0.05) is 30.3 Å². The number of hydrogen-bond acceptors (Lipinski definition) is 2. The summed E-state index contributed by atoms with van der Waals surface area (Å²) in [5, 5.41) is 9.65. The van der Waals surface area contributed by atoms with Gasteiger partial charge in [0.05, 0.1) is 6.10 Å². The number of rotatable bonds is 3. The second-order valence-electron chi connectivity index (χ2n) is 3.19. The number of benzene rings is 1. The Morgan fingerprint density at radius 3 is 2.23 bits per heavy atom. The molecule has 1 aromatic carbocycles. The number of hydrogen-bond donors (Lipinski definition) is 1. The lowest BCUT2D eigenvalue weighted by Gasteiger charge is -2.15. The average Bonchev–Trinajstić information content (AvgIpc) is 2.05. The van der Waals surface area contributed by atoms with Gasteiger partial charge in [-0.15, -0.1) is 12.4 Å². The predicted octanol–water partition coefficient (Wildman–Crippen LogP) is 1.70. The maximum atomic E-state index is 9.65. The quantitative estimate of drug-likeness (QED) is 0.805. The zero-order chi connectivity index (χ0) is 8.97. The highest BCUT2D eigenvalue weighted by Gasteiger charge is 2.06. The van der Waals surface area contributed by atoms with Crippen LogP contribution in [-0.2, 0) is 0 Å². The van der Waals surface area contributed by atoms with Crippen LogP contribution in [0, 0.1) is 0 Å². The Morgan fingerprint density at radius 1 is 1.23 bits per heavy atom. The molecular weight excluding hydrogens is 186 g/mol. The van der Waals surface area contributed by atoms with Gasteiger partial charge < -0.3 is 10.0 Å². The molecule has 0 aliphatic rings. The van der Waals surface area contributed by atoms with Crippen molar-refractivity contribution in [3.63, 3.8) is 0 Å². The first-order valence-electron chi connectivity index (χ1n) is 4.08. The number of halogens is 1. The van der Waals surface area contributed by atoms with Crippen LogP contribution in [0.3, 0.4) is 0 Å². The minimum atomic E-state index is -0.374. The smallest absolute Gasteiger partial charge is 0.0916 e. The van der Waals surface area contributed by atoms with E-state index in [1.807, 2.05) is 49.3 Å². The van der Waals surface area contributed by atoms with Gasteiger partial charge in [0.1, 0.15) is 0 Å². The molecule has 0 saturated heterocycles. The van der Waals surface area contributed by atoms with Crippen LogP contribution in [0.2, 0.25) is 0 Å². The lowest BCUT2D eigenvalue weighted by molar-refractivity contribution is 0.138. The third kappa shape index (κ3) is 4.27. The van der Waals surface area contributed by atoms with Crippen LogP contribution in [0.5, 0.6) is 0 Å². The summed E-state index contributed by atoms with van der Waals surface area (Å²) < 4.78 is 0. The number of aliphatic hydroxyl groups is 1. The van der Waals surface area contributed by atoms with E-state index in [1.165, 1.54) is 0 Å². The molecule has 0 heterocycles. The monoisotopic (exact) mass is 201 g/mol. The van der Waals surface area contributed by atoms with E-state index in [4.69, 9.17) is 0 Å². The molecule has 0 saturated carbocycles. The molecule has 74 valence electrons. The first-order valence-corrected chi connectivity index (χ1v) is 4.08. The Morgan fingerprint density at radius 2 is 1.77 bits per heavy atom. The van der Waals surface area contributed by atoms with Gasteiger partial charge in [0.25, 0.3) is 0 Å². The molecule has 0 spiro atoms. The zero-order valence-electron chi connectivity index (χ0n) is 7.97. The second kappa shape index (κ2) is 5.97. The molecule has 13 heavy (non-hydrogen) atoms. The van der Waals surface area contributed by atoms with Crippen molar-refractivity contribution in [3.05, 3.63) is 35.9 Å². The van der Waals surface area contributed by atoms with Crippen molar-refractivity contribution >= 4 is 12.4 Å². The molecule has 1 aromatic rings. The van der Waals surface area contributed by atoms with E-state index in [0.29, 0.717) is 6.54 Å². The van der Waals surface area contributed by atoms with E-state index in [0.717, 1.165) is 5.56 Å². The van der Waals surface area contributed by atoms with Crippen LogP contribution in [-0.4, -0.2) is 30.6 Å². The van der Waals surface area contributed by atoms with Gasteiger partial charge in [0.15, 0.2) is 0 Å². The van der Waals surface area contributed by atoms with Crippen molar-refractivity contribution in [1.82, 2.24) is 4.90 Å².